The van der Waals surface area contributed by atoms with Gasteiger partial charge in [0.2, 0.25) is 0 Å². The Hall–Kier alpha value is -1.79. The molecule has 0 spiro atoms. The Morgan fingerprint density at radius 3 is 2.29 bits per heavy atom. The standard InChI is InChI=1S/C23H30FN3O/c1-23(18-28)17-26(14-19-5-3-2-4-6-19)16-22-15-25(11-12-27(22)23)13-20-7-9-21(24)10-8-20/h2-10,22,28H,11-18H2,1H3/t22-,23-/m0/s1. The number of benzene rings is 2. The molecule has 2 aliphatic rings. The summed E-state index contributed by atoms with van der Waals surface area (Å²) >= 11 is 0. The summed E-state index contributed by atoms with van der Waals surface area (Å²) in [6.07, 6.45) is 0. The predicted octanol–water partition coefficient (Wildman–Crippen LogP) is 2.58. The van der Waals surface area contributed by atoms with Crippen LogP contribution in [0.3, 0.4) is 0 Å². The molecule has 2 heterocycles. The molecule has 2 atom stereocenters. The number of rotatable bonds is 5. The highest BCUT2D eigenvalue weighted by Crippen LogP contribution is 2.29. The maximum absolute atomic E-state index is 13.2. The zero-order valence-corrected chi connectivity index (χ0v) is 16.6. The van der Waals surface area contributed by atoms with Gasteiger partial charge in [-0.05, 0) is 30.2 Å². The minimum absolute atomic E-state index is 0.173. The molecule has 2 aromatic rings. The topological polar surface area (TPSA) is 30.0 Å². The first-order valence-corrected chi connectivity index (χ1v) is 10.2. The van der Waals surface area contributed by atoms with Gasteiger partial charge in [-0.1, -0.05) is 42.5 Å². The van der Waals surface area contributed by atoms with E-state index >= 15 is 0 Å². The van der Waals surface area contributed by atoms with Gasteiger partial charge in [-0.3, -0.25) is 14.7 Å². The number of fused-ring (bicyclic) bond motifs is 1. The normalized spacial score (nSPS) is 26.9. The van der Waals surface area contributed by atoms with Crippen LogP contribution in [0.4, 0.5) is 4.39 Å². The van der Waals surface area contributed by atoms with Crippen molar-refractivity contribution < 1.29 is 9.50 Å². The molecular formula is C23H30FN3O. The Balaban J connectivity index is 1.45. The van der Waals surface area contributed by atoms with E-state index in [4.69, 9.17) is 0 Å². The van der Waals surface area contributed by atoms with Crippen molar-refractivity contribution in [1.29, 1.82) is 0 Å². The van der Waals surface area contributed by atoms with Gasteiger partial charge in [0.1, 0.15) is 5.82 Å². The van der Waals surface area contributed by atoms with Gasteiger partial charge in [0, 0.05) is 51.9 Å². The van der Waals surface area contributed by atoms with Crippen molar-refractivity contribution in [2.75, 3.05) is 39.3 Å². The third-order valence-electron chi connectivity index (χ3n) is 6.20. The maximum atomic E-state index is 13.2. The van der Waals surface area contributed by atoms with Crippen molar-refractivity contribution in [3.05, 3.63) is 71.5 Å². The number of halogens is 1. The van der Waals surface area contributed by atoms with Crippen LogP contribution in [0.15, 0.2) is 54.6 Å². The van der Waals surface area contributed by atoms with Crippen LogP contribution < -0.4 is 0 Å². The van der Waals surface area contributed by atoms with Crippen molar-refractivity contribution in [2.24, 2.45) is 0 Å². The molecule has 2 fully saturated rings. The first-order chi connectivity index (χ1) is 13.6. The average Bonchev–Trinajstić information content (AvgIpc) is 2.70. The van der Waals surface area contributed by atoms with E-state index in [1.54, 1.807) is 0 Å². The van der Waals surface area contributed by atoms with Crippen LogP contribution in [0.5, 0.6) is 0 Å². The number of hydrogen-bond donors (Lipinski definition) is 1. The molecule has 4 rings (SSSR count). The Morgan fingerprint density at radius 2 is 1.57 bits per heavy atom. The van der Waals surface area contributed by atoms with Crippen LogP contribution in [-0.2, 0) is 13.1 Å². The second kappa shape index (κ2) is 8.29. The molecule has 0 unspecified atom stereocenters. The van der Waals surface area contributed by atoms with Gasteiger partial charge in [-0.15, -0.1) is 0 Å². The summed E-state index contributed by atoms with van der Waals surface area (Å²) in [5, 5.41) is 10.2. The smallest absolute Gasteiger partial charge is 0.123 e. The lowest BCUT2D eigenvalue weighted by Gasteiger charge is -2.56. The molecule has 28 heavy (non-hydrogen) atoms. The Labute approximate surface area is 167 Å². The van der Waals surface area contributed by atoms with Crippen molar-refractivity contribution in [1.82, 2.24) is 14.7 Å². The summed E-state index contributed by atoms with van der Waals surface area (Å²) in [5.41, 5.74) is 2.26. The number of aliphatic hydroxyl groups is 1. The summed E-state index contributed by atoms with van der Waals surface area (Å²) in [5.74, 6) is -0.184. The summed E-state index contributed by atoms with van der Waals surface area (Å²) in [7, 11) is 0. The quantitative estimate of drug-likeness (QED) is 0.860. The van der Waals surface area contributed by atoms with Gasteiger partial charge in [0.25, 0.3) is 0 Å². The van der Waals surface area contributed by atoms with E-state index in [0.29, 0.717) is 6.04 Å². The van der Waals surface area contributed by atoms with Crippen LogP contribution >= 0.6 is 0 Å². The lowest BCUT2D eigenvalue weighted by atomic mass is 9.91. The van der Waals surface area contributed by atoms with Crippen molar-refractivity contribution in [2.45, 2.75) is 31.6 Å². The fourth-order valence-electron chi connectivity index (χ4n) is 4.82. The molecule has 0 aromatic heterocycles. The van der Waals surface area contributed by atoms with E-state index in [2.05, 4.69) is 45.9 Å². The van der Waals surface area contributed by atoms with Gasteiger partial charge in [-0.2, -0.15) is 0 Å². The van der Waals surface area contributed by atoms with Crippen LogP contribution in [0.25, 0.3) is 0 Å². The number of piperazine rings is 2. The SMILES string of the molecule is C[C@@]1(CO)CN(Cc2ccccc2)C[C@@H]2CN(Cc3ccc(F)cc3)CCN21. The first kappa shape index (κ1) is 19.5. The lowest BCUT2D eigenvalue weighted by Crippen LogP contribution is -2.71. The average molecular weight is 384 g/mol. The number of aliphatic hydroxyl groups excluding tert-OH is 1. The van der Waals surface area contributed by atoms with Gasteiger partial charge in [0.15, 0.2) is 0 Å². The summed E-state index contributed by atoms with van der Waals surface area (Å²) in [6.45, 7) is 8.91. The van der Waals surface area contributed by atoms with Gasteiger partial charge in [0.05, 0.1) is 12.1 Å². The molecule has 0 radical (unpaired) electrons. The molecule has 1 N–H and O–H groups in total. The molecule has 0 bridgehead atoms. The monoisotopic (exact) mass is 383 g/mol. The zero-order chi connectivity index (χ0) is 19.6. The van der Waals surface area contributed by atoms with E-state index in [1.165, 1.54) is 17.7 Å². The van der Waals surface area contributed by atoms with E-state index in [0.717, 1.165) is 51.4 Å². The van der Waals surface area contributed by atoms with Crippen LogP contribution in [0.1, 0.15) is 18.1 Å². The number of nitrogens with zero attached hydrogens (tertiary/aromatic N) is 3. The predicted molar refractivity (Wildman–Crippen MR) is 109 cm³/mol. The minimum Gasteiger partial charge on any atom is -0.394 e. The third kappa shape index (κ3) is 4.28. The van der Waals surface area contributed by atoms with E-state index in [9.17, 15) is 9.50 Å². The first-order valence-electron chi connectivity index (χ1n) is 10.2. The van der Waals surface area contributed by atoms with Gasteiger partial charge < -0.3 is 5.11 Å². The van der Waals surface area contributed by atoms with Crippen molar-refractivity contribution >= 4 is 0 Å². The molecule has 2 aromatic carbocycles. The highest BCUT2D eigenvalue weighted by molar-refractivity contribution is 5.17. The molecule has 5 heteroatoms. The van der Waals surface area contributed by atoms with Gasteiger partial charge >= 0.3 is 0 Å². The summed E-state index contributed by atoms with van der Waals surface area (Å²) < 4.78 is 13.2. The molecule has 150 valence electrons. The second-order valence-electron chi connectivity index (χ2n) is 8.52. The van der Waals surface area contributed by atoms with E-state index in [-0.39, 0.29) is 18.0 Å². The molecule has 4 nitrogen and oxygen atoms in total. The maximum Gasteiger partial charge on any atom is 0.123 e. The minimum atomic E-state index is -0.209. The number of hydrogen-bond acceptors (Lipinski definition) is 4. The molecule has 0 amide bonds. The summed E-state index contributed by atoms with van der Waals surface area (Å²) in [6, 6.07) is 17.8. The molecular weight excluding hydrogens is 353 g/mol. The van der Waals surface area contributed by atoms with Crippen LogP contribution in [-0.4, -0.2) is 70.7 Å². The lowest BCUT2D eigenvalue weighted by molar-refractivity contribution is -0.0951. The Bertz CT molecular complexity index is 769. The van der Waals surface area contributed by atoms with Crippen molar-refractivity contribution in [3.63, 3.8) is 0 Å². The fourth-order valence-corrected chi connectivity index (χ4v) is 4.82. The fraction of sp³-hybridized carbons (Fsp3) is 0.478. The van der Waals surface area contributed by atoms with Crippen molar-refractivity contribution in [3.8, 4) is 0 Å². The molecule has 2 saturated heterocycles. The second-order valence-corrected chi connectivity index (χ2v) is 8.52. The van der Waals surface area contributed by atoms with Crippen LogP contribution in [0, 0.1) is 5.82 Å². The van der Waals surface area contributed by atoms with E-state index < -0.39 is 0 Å². The molecule has 2 aliphatic heterocycles. The highest BCUT2D eigenvalue weighted by atomic mass is 19.1. The van der Waals surface area contributed by atoms with Crippen LogP contribution in [0.2, 0.25) is 0 Å². The van der Waals surface area contributed by atoms with Gasteiger partial charge in [-0.25, -0.2) is 4.39 Å². The molecule has 0 aliphatic carbocycles. The Kier molecular flexibility index (Phi) is 5.78. The highest BCUT2D eigenvalue weighted by Gasteiger charge is 2.44. The molecule has 0 saturated carbocycles. The summed E-state index contributed by atoms with van der Waals surface area (Å²) in [4.78, 5) is 7.45. The third-order valence-corrected chi connectivity index (χ3v) is 6.20. The zero-order valence-electron chi connectivity index (χ0n) is 16.6. The van der Waals surface area contributed by atoms with E-state index in [1.807, 2.05) is 18.2 Å². The Morgan fingerprint density at radius 1 is 0.929 bits per heavy atom. The largest absolute Gasteiger partial charge is 0.394 e.